The molecule has 8 nitrogen and oxygen atoms in total. The molecule has 2 aromatic rings. The SMILES string of the molecule is CCN(CC)[P@]1(=Nc2ccc([N+](=O)[O-])cc2)/C(=C2\N(C)c3ccccc3C2(C)C)C=NN1C. The number of allylic oxidation sites excluding steroid dienone is 2. The van der Waals surface area contributed by atoms with E-state index < -0.39 is 7.36 Å². The van der Waals surface area contributed by atoms with Crippen LogP contribution in [0.1, 0.15) is 33.3 Å². The van der Waals surface area contributed by atoms with Crippen molar-refractivity contribution in [1.29, 1.82) is 0 Å². The summed E-state index contributed by atoms with van der Waals surface area (Å²) in [6.07, 6.45) is 1.97. The van der Waals surface area contributed by atoms with Crippen molar-refractivity contribution in [3.8, 4) is 0 Å². The third-order valence-electron chi connectivity index (χ3n) is 6.62. The second kappa shape index (κ2) is 8.43. The van der Waals surface area contributed by atoms with Gasteiger partial charge in [0.25, 0.3) is 5.69 Å². The first-order chi connectivity index (χ1) is 15.7. The summed E-state index contributed by atoms with van der Waals surface area (Å²) < 4.78 is 9.73. The van der Waals surface area contributed by atoms with Crippen LogP contribution in [-0.2, 0) is 5.41 Å². The highest BCUT2D eigenvalue weighted by molar-refractivity contribution is 7.67. The third kappa shape index (κ3) is 3.49. The monoisotopic (exact) mass is 466 g/mol. The first-order valence-corrected chi connectivity index (χ1v) is 12.8. The minimum absolute atomic E-state index is 0.0610. The molecule has 174 valence electrons. The van der Waals surface area contributed by atoms with Crippen molar-refractivity contribution >= 4 is 30.6 Å². The maximum absolute atomic E-state index is 11.1. The second-order valence-electron chi connectivity index (χ2n) is 8.75. The van der Waals surface area contributed by atoms with Gasteiger partial charge in [-0.1, -0.05) is 45.9 Å². The number of hydrazone groups is 1. The molecular weight excluding hydrogens is 435 g/mol. The van der Waals surface area contributed by atoms with Gasteiger partial charge in [-0.3, -0.25) is 10.1 Å². The fraction of sp³-hybridized carbons (Fsp3) is 0.375. The van der Waals surface area contributed by atoms with Crippen LogP contribution in [0.25, 0.3) is 0 Å². The quantitative estimate of drug-likeness (QED) is 0.299. The molecule has 4 rings (SSSR count). The molecule has 0 radical (unpaired) electrons. The van der Waals surface area contributed by atoms with Crippen LogP contribution in [0.5, 0.6) is 0 Å². The van der Waals surface area contributed by atoms with Crippen LogP contribution in [0.15, 0.2) is 69.4 Å². The Morgan fingerprint density at radius 3 is 2.30 bits per heavy atom. The van der Waals surface area contributed by atoms with E-state index in [2.05, 4.69) is 68.6 Å². The number of rotatable bonds is 5. The number of anilines is 1. The molecule has 0 N–H and O–H groups in total. The molecule has 0 spiro atoms. The lowest BCUT2D eigenvalue weighted by Gasteiger charge is -2.39. The van der Waals surface area contributed by atoms with Gasteiger partial charge in [0.1, 0.15) is 0 Å². The summed E-state index contributed by atoms with van der Waals surface area (Å²) in [5, 5.41) is 17.0. The first kappa shape index (κ1) is 23.2. The van der Waals surface area contributed by atoms with Crippen LogP contribution in [0, 0.1) is 10.1 Å². The number of nitro benzene ring substituents is 1. The molecular formula is C24H31N6O2P. The minimum atomic E-state index is -2.48. The number of likely N-dealkylation sites (N-methyl/N-ethyl adjacent to an activating group) is 1. The number of para-hydroxylation sites is 1. The molecule has 2 aromatic carbocycles. The highest BCUT2D eigenvalue weighted by Gasteiger charge is 2.47. The lowest BCUT2D eigenvalue weighted by atomic mass is 9.84. The standard InChI is InChI=1S/C24H31N6O2P/c1-7-29(8-2)33(26-18-13-15-19(16-14-18)30(31)32)22(17-25-28(33)6)23-24(3,4)20-11-9-10-12-21(20)27(23)5/h9-17H,7-8H2,1-6H3/b23-22-/t33-/m0/s1. The highest BCUT2D eigenvalue weighted by Crippen LogP contribution is 2.69. The van der Waals surface area contributed by atoms with Crippen LogP contribution in [0.2, 0.25) is 0 Å². The van der Waals surface area contributed by atoms with Crippen molar-refractivity contribution in [2.75, 3.05) is 32.1 Å². The molecule has 0 unspecified atom stereocenters. The molecule has 0 aromatic heterocycles. The second-order valence-corrected chi connectivity index (χ2v) is 11.7. The minimum Gasteiger partial charge on any atom is -0.346 e. The van der Waals surface area contributed by atoms with E-state index in [1.807, 2.05) is 18.0 Å². The summed E-state index contributed by atoms with van der Waals surface area (Å²) in [5.41, 5.74) is 4.23. The lowest BCUT2D eigenvalue weighted by Crippen LogP contribution is -2.30. The molecule has 0 saturated carbocycles. The third-order valence-corrected chi connectivity index (χ3v) is 10.4. The predicted octanol–water partition coefficient (Wildman–Crippen LogP) is 6.17. The van der Waals surface area contributed by atoms with Gasteiger partial charge in [-0.15, -0.1) is 0 Å². The van der Waals surface area contributed by atoms with Gasteiger partial charge in [-0.25, -0.2) is 14.2 Å². The van der Waals surface area contributed by atoms with Gasteiger partial charge in [-0.05, 0) is 23.8 Å². The summed E-state index contributed by atoms with van der Waals surface area (Å²) in [6.45, 7) is 10.4. The van der Waals surface area contributed by atoms with E-state index in [4.69, 9.17) is 9.85 Å². The molecule has 0 amide bonds. The van der Waals surface area contributed by atoms with Gasteiger partial charge < -0.3 is 4.90 Å². The summed E-state index contributed by atoms with van der Waals surface area (Å²) >= 11 is 0. The zero-order valence-corrected chi connectivity index (χ0v) is 21.0. The number of hydrogen-bond acceptors (Lipinski definition) is 5. The number of hydrogen-bond donors (Lipinski definition) is 0. The zero-order chi connectivity index (χ0) is 24.0. The molecule has 2 aliphatic rings. The topological polar surface area (TPSA) is 77.6 Å². The molecule has 2 heterocycles. The van der Waals surface area contributed by atoms with E-state index in [9.17, 15) is 10.1 Å². The van der Waals surface area contributed by atoms with Crippen LogP contribution >= 0.6 is 7.36 Å². The summed E-state index contributed by atoms with van der Waals surface area (Å²) in [4.78, 5) is 13.0. The van der Waals surface area contributed by atoms with Crippen molar-refractivity contribution in [2.24, 2.45) is 9.85 Å². The van der Waals surface area contributed by atoms with Gasteiger partial charge >= 0.3 is 0 Å². The van der Waals surface area contributed by atoms with E-state index in [1.54, 1.807) is 12.1 Å². The van der Waals surface area contributed by atoms with E-state index >= 15 is 0 Å². The van der Waals surface area contributed by atoms with Crippen molar-refractivity contribution in [3.63, 3.8) is 0 Å². The van der Waals surface area contributed by atoms with E-state index in [1.165, 1.54) is 29.1 Å². The molecule has 33 heavy (non-hydrogen) atoms. The number of benzene rings is 2. The Kier molecular flexibility index (Phi) is 5.93. The lowest BCUT2D eigenvalue weighted by molar-refractivity contribution is -0.384. The van der Waals surface area contributed by atoms with Gasteiger partial charge in [-0.2, -0.15) is 5.10 Å². The van der Waals surface area contributed by atoms with Crippen molar-refractivity contribution in [3.05, 3.63) is 75.2 Å². The molecule has 1 atom stereocenters. The average molecular weight is 467 g/mol. The fourth-order valence-electron chi connectivity index (χ4n) is 5.04. The van der Waals surface area contributed by atoms with Crippen LogP contribution < -0.4 is 4.90 Å². The molecule has 0 saturated heterocycles. The Labute approximate surface area is 195 Å². The zero-order valence-electron chi connectivity index (χ0n) is 20.1. The van der Waals surface area contributed by atoms with Crippen LogP contribution in [0.4, 0.5) is 17.1 Å². The Bertz CT molecular complexity index is 1200. The fourth-order valence-corrected chi connectivity index (χ4v) is 8.74. The Morgan fingerprint density at radius 2 is 1.73 bits per heavy atom. The normalized spacial score (nSPS) is 23.4. The summed E-state index contributed by atoms with van der Waals surface area (Å²) in [5.74, 6) is 0. The van der Waals surface area contributed by atoms with Crippen molar-refractivity contribution < 1.29 is 4.92 Å². The number of fused-ring (bicyclic) bond motifs is 1. The van der Waals surface area contributed by atoms with Crippen LogP contribution in [-0.4, -0.2) is 47.8 Å². The molecule has 0 bridgehead atoms. The van der Waals surface area contributed by atoms with E-state index in [-0.39, 0.29) is 16.0 Å². The smallest absolute Gasteiger partial charge is 0.269 e. The molecule has 0 aliphatic carbocycles. The maximum Gasteiger partial charge on any atom is 0.269 e. The highest BCUT2D eigenvalue weighted by atomic mass is 31.2. The average Bonchev–Trinajstić information content (AvgIpc) is 3.20. The van der Waals surface area contributed by atoms with Gasteiger partial charge in [0.15, 0.2) is 7.36 Å². The summed E-state index contributed by atoms with van der Waals surface area (Å²) in [6, 6.07) is 15.0. The van der Waals surface area contributed by atoms with Gasteiger partial charge in [0.2, 0.25) is 0 Å². The largest absolute Gasteiger partial charge is 0.346 e. The number of nitrogens with zero attached hydrogens (tertiary/aromatic N) is 6. The Balaban J connectivity index is 2.02. The molecule has 9 heteroatoms. The van der Waals surface area contributed by atoms with Gasteiger partial charge in [0.05, 0.1) is 22.1 Å². The van der Waals surface area contributed by atoms with Crippen molar-refractivity contribution in [1.82, 2.24) is 9.45 Å². The van der Waals surface area contributed by atoms with Crippen LogP contribution in [0.3, 0.4) is 0 Å². The predicted molar refractivity (Wildman–Crippen MR) is 136 cm³/mol. The first-order valence-electron chi connectivity index (χ1n) is 11.2. The van der Waals surface area contributed by atoms with E-state index in [0.717, 1.165) is 18.4 Å². The molecule has 2 aliphatic heterocycles. The molecule has 0 fully saturated rings. The number of nitro groups is 1. The van der Waals surface area contributed by atoms with Gasteiger partial charge in [0, 0.05) is 56.1 Å². The maximum atomic E-state index is 11.1. The van der Waals surface area contributed by atoms with Crippen molar-refractivity contribution in [2.45, 2.75) is 33.1 Å². The van der Waals surface area contributed by atoms with E-state index in [0.29, 0.717) is 5.69 Å². The number of non-ortho nitro benzene ring substituents is 1. The Hall–Kier alpha value is -2.96. The summed E-state index contributed by atoms with van der Waals surface area (Å²) in [7, 11) is 1.63. The Morgan fingerprint density at radius 1 is 1.09 bits per heavy atom.